The highest BCUT2D eigenvalue weighted by atomic mass is 32.2. The van der Waals surface area contributed by atoms with Gasteiger partial charge in [0.15, 0.2) is 5.82 Å². The average molecular weight is 335 g/mol. The van der Waals surface area contributed by atoms with Crippen LogP contribution in [0.3, 0.4) is 0 Å². The van der Waals surface area contributed by atoms with Gasteiger partial charge < -0.3 is 15.9 Å². The highest BCUT2D eigenvalue weighted by Crippen LogP contribution is 2.26. The molecule has 7 nitrogen and oxygen atoms in total. The van der Waals surface area contributed by atoms with Crippen molar-refractivity contribution < 1.29 is 9.53 Å². The lowest BCUT2D eigenvalue weighted by Gasteiger charge is -2.14. The molecule has 0 aliphatic heterocycles. The molecule has 1 amide bonds. The largest absolute Gasteiger partial charge is 0.492 e. The van der Waals surface area contributed by atoms with Crippen molar-refractivity contribution in [1.82, 2.24) is 14.9 Å². The molecule has 3 N–H and O–H groups in total. The second-order valence-corrected chi connectivity index (χ2v) is 6.11. The van der Waals surface area contributed by atoms with E-state index in [0.717, 1.165) is 0 Å². The summed E-state index contributed by atoms with van der Waals surface area (Å²) in [5, 5.41) is 11.0. The molecule has 0 aliphatic rings. The van der Waals surface area contributed by atoms with Gasteiger partial charge in [-0.15, -0.1) is 10.2 Å². The van der Waals surface area contributed by atoms with E-state index < -0.39 is 0 Å². The minimum Gasteiger partial charge on any atom is -0.492 e. The van der Waals surface area contributed by atoms with Crippen molar-refractivity contribution >= 4 is 23.4 Å². The van der Waals surface area contributed by atoms with Gasteiger partial charge in [0.25, 0.3) is 0 Å². The molecule has 8 heteroatoms. The maximum atomic E-state index is 12.4. The number of carbonyl (C=O) groups excluding carboxylic acids is 1. The number of nitrogens with one attached hydrogen (secondary N) is 1. The molecule has 1 aromatic carbocycles. The number of amides is 1. The second-order valence-electron chi connectivity index (χ2n) is 4.80. The highest BCUT2D eigenvalue weighted by Gasteiger charge is 2.20. The Balaban J connectivity index is 2.04. The van der Waals surface area contributed by atoms with Crippen LogP contribution in [0.1, 0.15) is 26.6 Å². The number of aryl methyl sites for hydroxylation is 1. The fourth-order valence-corrected chi connectivity index (χ4v) is 2.72. The zero-order valence-electron chi connectivity index (χ0n) is 13.4. The molecule has 1 aromatic heterocycles. The topological polar surface area (TPSA) is 95.1 Å². The predicted octanol–water partition coefficient (Wildman–Crippen LogP) is 2.07. The zero-order chi connectivity index (χ0) is 16.8. The van der Waals surface area contributed by atoms with Crippen LogP contribution in [0, 0.1) is 0 Å². The van der Waals surface area contributed by atoms with Crippen LogP contribution in [0.2, 0.25) is 0 Å². The number of para-hydroxylation sites is 2. The Hall–Kier alpha value is -2.22. The summed E-state index contributed by atoms with van der Waals surface area (Å²) < 4.78 is 6.92. The molecule has 2 rings (SSSR count). The van der Waals surface area contributed by atoms with Crippen LogP contribution in [-0.4, -0.2) is 32.6 Å². The molecule has 0 saturated carbocycles. The predicted molar refractivity (Wildman–Crippen MR) is 91.1 cm³/mol. The standard InChI is InChI=1S/C15H21N5O2S/c1-4-13-18-19-15(20(13)16)23-10(3)14(21)17-11-8-6-7-9-12(11)22-5-2/h6-10H,4-5,16H2,1-3H3,(H,17,21). The van der Waals surface area contributed by atoms with E-state index in [-0.39, 0.29) is 11.2 Å². The number of nitrogens with two attached hydrogens (primary N) is 1. The van der Waals surface area contributed by atoms with E-state index in [1.165, 1.54) is 16.4 Å². The number of rotatable bonds is 7. The van der Waals surface area contributed by atoms with Crippen LogP contribution in [0.25, 0.3) is 0 Å². The lowest BCUT2D eigenvalue weighted by atomic mass is 10.3. The summed E-state index contributed by atoms with van der Waals surface area (Å²) in [6.07, 6.45) is 0.687. The molecular weight excluding hydrogens is 314 g/mol. The van der Waals surface area contributed by atoms with Gasteiger partial charge in [0, 0.05) is 6.42 Å². The molecule has 1 heterocycles. The number of carbonyl (C=O) groups is 1. The third-order valence-corrected chi connectivity index (χ3v) is 4.20. The van der Waals surface area contributed by atoms with Crippen LogP contribution in [0.15, 0.2) is 29.4 Å². The van der Waals surface area contributed by atoms with Gasteiger partial charge in [-0.3, -0.25) is 4.79 Å². The molecule has 23 heavy (non-hydrogen) atoms. The van der Waals surface area contributed by atoms with E-state index in [4.69, 9.17) is 10.6 Å². The number of benzene rings is 1. The number of nitrogens with zero attached hydrogens (tertiary/aromatic N) is 3. The minimum atomic E-state index is -0.374. The Morgan fingerprint density at radius 3 is 2.78 bits per heavy atom. The fraction of sp³-hybridized carbons (Fsp3) is 0.400. The van der Waals surface area contributed by atoms with Crippen molar-refractivity contribution in [2.75, 3.05) is 17.8 Å². The first-order valence-electron chi connectivity index (χ1n) is 7.45. The second kappa shape index (κ2) is 7.87. The monoisotopic (exact) mass is 335 g/mol. The zero-order valence-corrected chi connectivity index (χ0v) is 14.3. The molecule has 1 unspecified atom stereocenters. The Morgan fingerprint density at radius 2 is 2.13 bits per heavy atom. The summed E-state index contributed by atoms with van der Waals surface area (Å²) in [4.78, 5) is 12.4. The minimum absolute atomic E-state index is 0.150. The van der Waals surface area contributed by atoms with Gasteiger partial charge in [-0.1, -0.05) is 30.8 Å². The van der Waals surface area contributed by atoms with Gasteiger partial charge in [0.2, 0.25) is 11.1 Å². The van der Waals surface area contributed by atoms with E-state index in [9.17, 15) is 4.79 Å². The van der Waals surface area contributed by atoms with Gasteiger partial charge in [-0.2, -0.15) is 0 Å². The van der Waals surface area contributed by atoms with E-state index in [2.05, 4.69) is 15.5 Å². The van der Waals surface area contributed by atoms with E-state index in [1.54, 1.807) is 13.0 Å². The first-order valence-corrected chi connectivity index (χ1v) is 8.33. The molecule has 0 saturated heterocycles. The van der Waals surface area contributed by atoms with Crippen molar-refractivity contribution in [3.05, 3.63) is 30.1 Å². The van der Waals surface area contributed by atoms with Gasteiger partial charge >= 0.3 is 0 Å². The summed E-state index contributed by atoms with van der Waals surface area (Å²) in [5.41, 5.74) is 0.648. The molecule has 2 aromatic rings. The molecule has 0 spiro atoms. The summed E-state index contributed by atoms with van der Waals surface area (Å²) in [5.74, 6) is 7.08. The van der Waals surface area contributed by atoms with Crippen LogP contribution in [0.5, 0.6) is 5.75 Å². The number of ether oxygens (including phenoxy) is 1. The Morgan fingerprint density at radius 1 is 1.39 bits per heavy atom. The van der Waals surface area contributed by atoms with E-state index >= 15 is 0 Å². The van der Waals surface area contributed by atoms with Gasteiger partial charge in [0.1, 0.15) is 5.75 Å². The molecule has 1 atom stereocenters. The number of aromatic nitrogens is 3. The highest BCUT2D eigenvalue weighted by molar-refractivity contribution is 8.00. The third-order valence-electron chi connectivity index (χ3n) is 3.15. The van der Waals surface area contributed by atoms with Gasteiger partial charge in [0.05, 0.1) is 17.5 Å². The fourth-order valence-electron chi connectivity index (χ4n) is 1.93. The van der Waals surface area contributed by atoms with Crippen LogP contribution in [-0.2, 0) is 11.2 Å². The van der Waals surface area contributed by atoms with Crippen molar-refractivity contribution in [2.24, 2.45) is 0 Å². The summed E-state index contributed by atoms with van der Waals surface area (Å²) >= 11 is 1.26. The van der Waals surface area contributed by atoms with Gasteiger partial charge in [-0.05, 0) is 26.0 Å². The summed E-state index contributed by atoms with van der Waals surface area (Å²) in [6, 6.07) is 7.34. The first-order chi connectivity index (χ1) is 11.1. The van der Waals surface area contributed by atoms with Crippen LogP contribution in [0.4, 0.5) is 5.69 Å². The molecule has 0 radical (unpaired) electrons. The van der Waals surface area contributed by atoms with Crippen molar-refractivity contribution in [3.63, 3.8) is 0 Å². The Labute approximate surface area is 139 Å². The first kappa shape index (κ1) is 17.1. The normalized spacial score (nSPS) is 12.0. The van der Waals surface area contributed by atoms with Crippen molar-refractivity contribution in [1.29, 1.82) is 0 Å². The molecular formula is C15H21N5O2S. The van der Waals surface area contributed by atoms with E-state index in [0.29, 0.717) is 35.4 Å². The number of hydrogen-bond donors (Lipinski definition) is 2. The number of hydrogen-bond acceptors (Lipinski definition) is 6. The molecule has 124 valence electrons. The Kier molecular flexibility index (Phi) is 5.86. The number of thioether (sulfide) groups is 1. The van der Waals surface area contributed by atoms with Crippen molar-refractivity contribution in [3.8, 4) is 5.75 Å². The maximum Gasteiger partial charge on any atom is 0.237 e. The smallest absolute Gasteiger partial charge is 0.237 e. The van der Waals surface area contributed by atoms with Gasteiger partial charge in [-0.25, -0.2) is 4.68 Å². The lowest BCUT2D eigenvalue weighted by molar-refractivity contribution is -0.115. The molecule has 0 bridgehead atoms. The van der Waals surface area contributed by atoms with Crippen molar-refractivity contribution in [2.45, 2.75) is 37.6 Å². The number of nitrogen functional groups attached to an aromatic ring is 1. The maximum absolute atomic E-state index is 12.4. The van der Waals surface area contributed by atoms with Crippen LogP contribution < -0.4 is 15.9 Å². The lowest BCUT2D eigenvalue weighted by Crippen LogP contribution is -2.24. The third kappa shape index (κ3) is 4.16. The summed E-state index contributed by atoms with van der Waals surface area (Å²) in [6.45, 7) is 6.18. The van der Waals surface area contributed by atoms with E-state index in [1.807, 2.05) is 32.0 Å². The number of anilines is 1. The molecule has 0 aliphatic carbocycles. The molecule has 0 fully saturated rings. The summed E-state index contributed by atoms with van der Waals surface area (Å²) in [7, 11) is 0. The SMILES string of the molecule is CCOc1ccccc1NC(=O)C(C)Sc1nnc(CC)n1N. The Bertz CT molecular complexity index is 674. The quantitative estimate of drug-likeness (QED) is 0.594. The van der Waals surface area contributed by atoms with Crippen LogP contribution >= 0.6 is 11.8 Å². The average Bonchev–Trinajstić information content (AvgIpc) is 2.89.